The molecule has 0 aromatic carbocycles. The van der Waals surface area contributed by atoms with Gasteiger partial charge in [-0.05, 0) is 12.2 Å². The van der Waals surface area contributed by atoms with Crippen molar-refractivity contribution in [3.8, 4) is 0 Å². The van der Waals surface area contributed by atoms with E-state index in [9.17, 15) is 0 Å². The summed E-state index contributed by atoms with van der Waals surface area (Å²) in [6, 6.07) is 1.84. The number of nitrogen functional groups attached to an aromatic ring is 1. The Labute approximate surface area is 75.7 Å². The number of anilines is 1. The molecule has 1 aromatic rings. The van der Waals surface area contributed by atoms with Crippen LogP contribution in [-0.4, -0.2) is 16.7 Å². The Kier molecular flexibility index (Phi) is 1.79. The first-order valence-corrected chi connectivity index (χ1v) is 5.17. The lowest BCUT2D eigenvalue weighted by Crippen LogP contribution is -2.21. The van der Waals surface area contributed by atoms with Gasteiger partial charge in [0.15, 0.2) is 0 Å². The first-order chi connectivity index (χ1) is 5.71. The van der Waals surface area contributed by atoms with Crippen LogP contribution in [-0.2, 0) is 5.41 Å². The second kappa shape index (κ2) is 2.69. The summed E-state index contributed by atoms with van der Waals surface area (Å²) in [5, 5.41) is 3.96. The Bertz CT molecular complexity index is 278. The van der Waals surface area contributed by atoms with Crippen molar-refractivity contribution in [2.24, 2.45) is 0 Å². The number of nitrogens with zero attached hydrogens (tertiary/aromatic N) is 1. The molecule has 2 heterocycles. The van der Waals surface area contributed by atoms with Gasteiger partial charge >= 0.3 is 0 Å². The van der Waals surface area contributed by atoms with Crippen LogP contribution in [0.5, 0.6) is 0 Å². The molecule has 1 aliphatic rings. The summed E-state index contributed by atoms with van der Waals surface area (Å²) in [6.07, 6.45) is 1.17. The molecule has 3 nitrogen and oxygen atoms in total. The Morgan fingerprint density at radius 3 is 3.08 bits per heavy atom. The van der Waals surface area contributed by atoms with Gasteiger partial charge < -0.3 is 10.3 Å². The minimum atomic E-state index is 0.186. The third kappa shape index (κ3) is 1.20. The first-order valence-electron chi connectivity index (χ1n) is 4.01. The monoisotopic (exact) mass is 184 g/mol. The normalized spacial score (nSPS) is 29.4. The van der Waals surface area contributed by atoms with Gasteiger partial charge in [-0.2, -0.15) is 11.8 Å². The van der Waals surface area contributed by atoms with Crippen molar-refractivity contribution < 1.29 is 4.52 Å². The predicted octanol–water partition coefficient (Wildman–Crippen LogP) is 1.65. The van der Waals surface area contributed by atoms with Crippen molar-refractivity contribution in [2.45, 2.75) is 18.8 Å². The van der Waals surface area contributed by atoms with Crippen LogP contribution in [0.3, 0.4) is 0 Å². The van der Waals surface area contributed by atoms with E-state index in [4.69, 9.17) is 10.3 Å². The van der Waals surface area contributed by atoms with Gasteiger partial charge in [-0.15, -0.1) is 0 Å². The molecule has 1 unspecified atom stereocenters. The highest BCUT2D eigenvalue weighted by molar-refractivity contribution is 7.99. The average Bonchev–Trinajstić information content (AvgIpc) is 2.59. The molecule has 0 radical (unpaired) electrons. The smallest absolute Gasteiger partial charge is 0.222 e. The van der Waals surface area contributed by atoms with Crippen molar-refractivity contribution in [3.05, 3.63) is 11.8 Å². The molecule has 2 rings (SSSR count). The summed E-state index contributed by atoms with van der Waals surface area (Å²) in [6.45, 7) is 2.21. The Morgan fingerprint density at radius 1 is 1.75 bits per heavy atom. The number of rotatable bonds is 1. The Morgan fingerprint density at radius 2 is 2.58 bits per heavy atom. The van der Waals surface area contributed by atoms with Gasteiger partial charge in [-0.25, -0.2) is 0 Å². The second-order valence-electron chi connectivity index (χ2n) is 3.48. The molecule has 1 fully saturated rings. The lowest BCUT2D eigenvalue weighted by molar-refractivity contribution is 0.399. The fraction of sp³-hybridized carbons (Fsp3) is 0.625. The summed E-state index contributed by atoms with van der Waals surface area (Å²) >= 11 is 1.96. The SMILES string of the molecule is CC1(c2cc(N)on2)CCSC1. The number of aromatic nitrogens is 1. The molecule has 1 aromatic heterocycles. The summed E-state index contributed by atoms with van der Waals surface area (Å²) in [5.74, 6) is 2.76. The molecule has 1 atom stereocenters. The third-order valence-electron chi connectivity index (χ3n) is 2.37. The fourth-order valence-corrected chi connectivity index (χ4v) is 2.92. The van der Waals surface area contributed by atoms with Crippen LogP contribution in [0.15, 0.2) is 10.6 Å². The highest BCUT2D eigenvalue weighted by atomic mass is 32.2. The van der Waals surface area contributed by atoms with E-state index in [-0.39, 0.29) is 5.41 Å². The van der Waals surface area contributed by atoms with Gasteiger partial charge in [-0.3, -0.25) is 0 Å². The van der Waals surface area contributed by atoms with Gasteiger partial charge in [0.05, 0.1) is 5.69 Å². The molecule has 1 saturated heterocycles. The zero-order valence-corrected chi connectivity index (χ0v) is 7.86. The summed E-state index contributed by atoms with van der Waals surface area (Å²) in [4.78, 5) is 0. The molecule has 0 aliphatic carbocycles. The van der Waals surface area contributed by atoms with E-state index in [0.29, 0.717) is 5.88 Å². The van der Waals surface area contributed by atoms with Crippen LogP contribution in [0.25, 0.3) is 0 Å². The van der Waals surface area contributed by atoms with Crippen LogP contribution in [0.4, 0.5) is 5.88 Å². The third-order valence-corrected chi connectivity index (χ3v) is 3.70. The number of hydrogen-bond donors (Lipinski definition) is 1. The molecular weight excluding hydrogens is 172 g/mol. The van der Waals surface area contributed by atoms with Crippen molar-refractivity contribution >= 4 is 17.6 Å². The topological polar surface area (TPSA) is 52.0 Å². The van der Waals surface area contributed by atoms with Gasteiger partial charge in [-0.1, -0.05) is 12.1 Å². The van der Waals surface area contributed by atoms with Crippen molar-refractivity contribution in [2.75, 3.05) is 17.2 Å². The molecule has 0 spiro atoms. The average molecular weight is 184 g/mol. The highest BCUT2D eigenvalue weighted by Gasteiger charge is 2.33. The fourth-order valence-electron chi connectivity index (χ4n) is 1.44. The van der Waals surface area contributed by atoms with Crippen LogP contribution in [0.2, 0.25) is 0 Å². The van der Waals surface area contributed by atoms with Crippen LogP contribution >= 0.6 is 11.8 Å². The molecule has 0 saturated carbocycles. The van der Waals surface area contributed by atoms with Crippen LogP contribution in [0, 0.1) is 0 Å². The Hall–Kier alpha value is -0.640. The van der Waals surface area contributed by atoms with E-state index in [1.54, 1.807) is 0 Å². The first kappa shape index (κ1) is 7.98. The van der Waals surface area contributed by atoms with E-state index in [1.165, 1.54) is 12.2 Å². The van der Waals surface area contributed by atoms with Gasteiger partial charge in [0.25, 0.3) is 0 Å². The van der Waals surface area contributed by atoms with Crippen molar-refractivity contribution in [1.29, 1.82) is 0 Å². The maximum absolute atomic E-state index is 5.47. The van der Waals surface area contributed by atoms with E-state index in [1.807, 2.05) is 17.8 Å². The van der Waals surface area contributed by atoms with Gasteiger partial charge in [0, 0.05) is 17.2 Å². The maximum Gasteiger partial charge on any atom is 0.222 e. The molecule has 0 amide bonds. The standard InChI is InChI=1S/C8H12N2OS/c1-8(2-3-12-5-8)6-4-7(9)11-10-6/h4H,2-3,5,9H2,1H3. The zero-order valence-electron chi connectivity index (χ0n) is 7.04. The second-order valence-corrected chi connectivity index (χ2v) is 4.58. The molecule has 0 bridgehead atoms. The minimum Gasteiger partial charge on any atom is -0.368 e. The molecule has 1 aliphatic heterocycles. The zero-order chi connectivity index (χ0) is 8.60. The van der Waals surface area contributed by atoms with Crippen molar-refractivity contribution in [3.63, 3.8) is 0 Å². The van der Waals surface area contributed by atoms with E-state index < -0.39 is 0 Å². The van der Waals surface area contributed by atoms with Crippen molar-refractivity contribution in [1.82, 2.24) is 5.16 Å². The predicted molar refractivity (Wildman–Crippen MR) is 50.2 cm³/mol. The summed E-state index contributed by atoms with van der Waals surface area (Å²) < 4.78 is 4.86. The number of thioether (sulfide) groups is 1. The highest BCUT2D eigenvalue weighted by Crippen LogP contribution is 2.38. The number of hydrogen-bond acceptors (Lipinski definition) is 4. The van der Waals surface area contributed by atoms with E-state index in [2.05, 4.69) is 12.1 Å². The molecule has 4 heteroatoms. The molecule has 66 valence electrons. The molecule has 12 heavy (non-hydrogen) atoms. The Balaban J connectivity index is 2.28. The lowest BCUT2D eigenvalue weighted by atomic mass is 9.87. The van der Waals surface area contributed by atoms with Crippen LogP contribution < -0.4 is 5.73 Å². The minimum absolute atomic E-state index is 0.186. The van der Waals surface area contributed by atoms with E-state index >= 15 is 0 Å². The lowest BCUT2D eigenvalue weighted by Gasteiger charge is -2.17. The number of nitrogens with two attached hydrogens (primary N) is 1. The van der Waals surface area contributed by atoms with Gasteiger partial charge in [0.2, 0.25) is 5.88 Å². The largest absolute Gasteiger partial charge is 0.368 e. The summed E-state index contributed by atoms with van der Waals surface area (Å²) in [7, 11) is 0. The maximum atomic E-state index is 5.47. The van der Waals surface area contributed by atoms with E-state index in [0.717, 1.165) is 11.4 Å². The van der Waals surface area contributed by atoms with Crippen LogP contribution in [0.1, 0.15) is 19.0 Å². The molecular formula is C8H12N2OS. The molecule has 2 N–H and O–H groups in total. The summed E-state index contributed by atoms with van der Waals surface area (Å²) in [5.41, 5.74) is 6.66. The van der Waals surface area contributed by atoms with Gasteiger partial charge in [0.1, 0.15) is 0 Å². The quantitative estimate of drug-likeness (QED) is 0.721.